The molecule has 0 atom stereocenters. The zero-order valence-electron chi connectivity index (χ0n) is 8.94. The number of aromatic nitrogens is 2. The van der Waals surface area contributed by atoms with Crippen LogP contribution in [-0.2, 0) is 0 Å². The van der Waals surface area contributed by atoms with Gasteiger partial charge in [-0.05, 0) is 12.8 Å². The van der Waals surface area contributed by atoms with Gasteiger partial charge in [-0.15, -0.1) is 0 Å². The Kier molecular flexibility index (Phi) is 5.47. The van der Waals surface area contributed by atoms with Crippen LogP contribution in [0.3, 0.4) is 0 Å². The Labute approximate surface area is 89.5 Å². The van der Waals surface area contributed by atoms with Gasteiger partial charge in [-0.25, -0.2) is 9.97 Å². The molecule has 0 bridgehead atoms. The number of hydrogen-bond donors (Lipinski definition) is 2. The Morgan fingerprint density at radius 2 is 2.33 bits per heavy atom. The molecule has 0 fully saturated rings. The van der Waals surface area contributed by atoms with Gasteiger partial charge in [0.1, 0.15) is 12.1 Å². The van der Waals surface area contributed by atoms with Crippen molar-refractivity contribution in [3.8, 4) is 5.88 Å². The van der Waals surface area contributed by atoms with E-state index < -0.39 is 0 Å². The van der Waals surface area contributed by atoms with Gasteiger partial charge in [-0.1, -0.05) is 6.92 Å². The van der Waals surface area contributed by atoms with Crippen LogP contribution in [0.5, 0.6) is 5.88 Å². The fraction of sp³-hybridized carbons (Fsp3) is 0.600. The van der Waals surface area contributed by atoms with Crippen LogP contribution in [0.15, 0.2) is 12.4 Å². The maximum absolute atomic E-state index is 8.62. The quantitative estimate of drug-likeness (QED) is 0.660. The average Bonchev–Trinajstić information content (AvgIpc) is 2.27. The van der Waals surface area contributed by atoms with Crippen molar-refractivity contribution in [2.75, 3.05) is 25.1 Å². The summed E-state index contributed by atoms with van der Waals surface area (Å²) in [5, 5.41) is 11.7. The summed E-state index contributed by atoms with van der Waals surface area (Å²) in [5.41, 5.74) is 0. The molecule has 1 rings (SSSR count). The maximum atomic E-state index is 8.62. The Morgan fingerprint density at radius 3 is 3.07 bits per heavy atom. The highest BCUT2D eigenvalue weighted by atomic mass is 16.5. The van der Waals surface area contributed by atoms with Crippen molar-refractivity contribution in [3.63, 3.8) is 0 Å². The zero-order valence-corrected chi connectivity index (χ0v) is 8.94. The van der Waals surface area contributed by atoms with E-state index >= 15 is 0 Å². The second-order valence-corrected chi connectivity index (χ2v) is 3.09. The highest BCUT2D eigenvalue weighted by molar-refractivity contribution is 5.36. The van der Waals surface area contributed by atoms with Gasteiger partial charge in [-0.2, -0.15) is 0 Å². The summed E-state index contributed by atoms with van der Waals surface area (Å²) in [6, 6.07) is 1.76. The molecule has 0 saturated heterocycles. The number of rotatable bonds is 7. The van der Waals surface area contributed by atoms with Gasteiger partial charge >= 0.3 is 0 Å². The third kappa shape index (κ3) is 4.60. The highest BCUT2D eigenvalue weighted by Gasteiger charge is 1.98. The van der Waals surface area contributed by atoms with E-state index in [9.17, 15) is 0 Å². The number of nitrogens with one attached hydrogen (secondary N) is 1. The number of anilines is 1. The van der Waals surface area contributed by atoms with E-state index in [1.165, 1.54) is 6.33 Å². The molecule has 84 valence electrons. The number of aliphatic hydroxyl groups is 1. The standard InChI is InChI=1S/C10H17N3O2/c1-2-6-15-10-7-9(12-8-13-10)11-4-3-5-14/h7-8,14H,2-6H2,1H3,(H,11,12,13). The van der Waals surface area contributed by atoms with Crippen LogP contribution >= 0.6 is 0 Å². The Hall–Kier alpha value is -1.36. The molecule has 1 heterocycles. The molecule has 0 aliphatic rings. The van der Waals surface area contributed by atoms with Gasteiger partial charge < -0.3 is 15.2 Å². The van der Waals surface area contributed by atoms with Crippen LogP contribution in [0.2, 0.25) is 0 Å². The number of nitrogens with zero attached hydrogens (tertiary/aromatic N) is 2. The first-order chi connectivity index (χ1) is 7.36. The molecule has 0 radical (unpaired) electrons. The maximum Gasteiger partial charge on any atom is 0.218 e. The summed E-state index contributed by atoms with van der Waals surface area (Å²) >= 11 is 0. The third-order valence-electron chi connectivity index (χ3n) is 1.74. The molecule has 1 aromatic heterocycles. The molecule has 5 nitrogen and oxygen atoms in total. The number of ether oxygens (including phenoxy) is 1. The van der Waals surface area contributed by atoms with Crippen molar-refractivity contribution >= 4 is 5.82 Å². The van der Waals surface area contributed by atoms with E-state index in [4.69, 9.17) is 9.84 Å². The van der Waals surface area contributed by atoms with Crippen molar-refractivity contribution in [1.29, 1.82) is 0 Å². The molecule has 0 unspecified atom stereocenters. The molecular weight excluding hydrogens is 194 g/mol. The smallest absolute Gasteiger partial charge is 0.218 e. The van der Waals surface area contributed by atoms with E-state index in [-0.39, 0.29) is 6.61 Å². The summed E-state index contributed by atoms with van der Waals surface area (Å²) in [5.74, 6) is 1.31. The van der Waals surface area contributed by atoms with E-state index in [1.54, 1.807) is 6.07 Å². The molecular formula is C10H17N3O2. The topological polar surface area (TPSA) is 67.3 Å². The monoisotopic (exact) mass is 211 g/mol. The number of hydrogen-bond acceptors (Lipinski definition) is 5. The predicted octanol–water partition coefficient (Wildman–Crippen LogP) is 1.06. The van der Waals surface area contributed by atoms with Crippen LogP contribution in [0.25, 0.3) is 0 Å². The molecule has 0 amide bonds. The summed E-state index contributed by atoms with van der Waals surface area (Å²) in [4.78, 5) is 8.02. The Morgan fingerprint density at radius 1 is 1.47 bits per heavy atom. The molecule has 2 N–H and O–H groups in total. The second-order valence-electron chi connectivity index (χ2n) is 3.09. The lowest BCUT2D eigenvalue weighted by Gasteiger charge is -2.06. The lowest BCUT2D eigenvalue weighted by Crippen LogP contribution is -2.06. The van der Waals surface area contributed by atoms with Crippen molar-refractivity contribution in [2.24, 2.45) is 0 Å². The molecule has 0 aliphatic carbocycles. The molecule has 0 aliphatic heterocycles. The van der Waals surface area contributed by atoms with Gasteiger partial charge in [0.15, 0.2) is 0 Å². The minimum Gasteiger partial charge on any atom is -0.478 e. The predicted molar refractivity (Wildman–Crippen MR) is 58.0 cm³/mol. The molecule has 0 saturated carbocycles. The van der Waals surface area contributed by atoms with Gasteiger partial charge in [0.05, 0.1) is 6.61 Å². The average molecular weight is 211 g/mol. The normalized spacial score (nSPS) is 10.0. The Bertz CT molecular complexity index is 281. The summed E-state index contributed by atoms with van der Waals surface area (Å²) in [6.07, 6.45) is 3.12. The molecule has 5 heteroatoms. The van der Waals surface area contributed by atoms with Crippen LogP contribution in [0.4, 0.5) is 5.82 Å². The zero-order chi connectivity index (χ0) is 10.9. The number of aliphatic hydroxyl groups excluding tert-OH is 1. The van der Waals surface area contributed by atoms with Crippen molar-refractivity contribution < 1.29 is 9.84 Å². The molecule has 1 aromatic rings. The molecule has 15 heavy (non-hydrogen) atoms. The third-order valence-corrected chi connectivity index (χ3v) is 1.74. The second kappa shape index (κ2) is 7.00. The van der Waals surface area contributed by atoms with Gasteiger partial charge in [0.2, 0.25) is 5.88 Å². The van der Waals surface area contributed by atoms with Gasteiger partial charge in [-0.3, -0.25) is 0 Å². The SMILES string of the molecule is CCCOc1cc(NCCCO)ncn1. The Balaban J connectivity index is 2.42. The van der Waals surface area contributed by atoms with E-state index in [0.717, 1.165) is 12.2 Å². The molecule has 0 aromatic carbocycles. The summed E-state index contributed by atoms with van der Waals surface area (Å²) in [7, 11) is 0. The minimum absolute atomic E-state index is 0.178. The van der Waals surface area contributed by atoms with Gasteiger partial charge in [0.25, 0.3) is 0 Å². The van der Waals surface area contributed by atoms with Crippen LogP contribution in [0, 0.1) is 0 Å². The largest absolute Gasteiger partial charge is 0.478 e. The van der Waals surface area contributed by atoms with Crippen LogP contribution in [0.1, 0.15) is 19.8 Å². The summed E-state index contributed by atoms with van der Waals surface area (Å²) < 4.78 is 5.36. The summed E-state index contributed by atoms with van der Waals surface area (Å²) in [6.45, 7) is 3.58. The molecule has 0 spiro atoms. The first-order valence-electron chi connectivity index (χ1n) is 5.16. The van der Waals surface area contributed by atoms with Crippen molar-refractivity contribution in [2.45, 2.75) is 19.8 Å². The lowest BCUT2D eigenvalue weighted by atomic mass is 10.4. The van der Waals surface area contributed by atoms with Gasteiger partial charge in [0, 0.05) is 19.2 Å². The fourth-order valence-corrected chi connectivity index (χ4v) is 1.02. The lowest BCUT2D eigenvalue weighted by molar-refractivity contribution is 0.292. The van der Waals surface area contributed by atoms with E-state index in [2.05, 4.69) is 15.3 Å². The van der Waals surface area contributed by atoms with Crippen LogP contribution in [-0.4, -0.2) is 34.8 Å². The highest BCUT2D eigenvalue weighted by Crippen LogP contribution is 2.10. The first-order valence-corrected chi connectivity index (χ1v) is 5.16. The van der Waals surface area contributed by atoms with Crippen molar-refractivity contribution in [1.82, 2.24) is 9.97 Å². The van der Waals surface area contributed by atoms with Crippen molar-refractivity contribution in [3.05, 3.63) is 12.4 Å². The van der Waals surface area contributed by atoms with Crippen LogP contribution < -0.4 is 10.1 Å². The van der Waals surface area contributed by atoms with E-state index in [0.29, 0.717) is 25.5 Å². The van der Waals surface area contributed by atoms with E-state index in [1.807, 2.05) is 6.92 Å². The first kappa shape index (κ1) is 11.7. The fourth-order valence-electron chi connectivity index (χ4n) is 1.02. The minimum atomic E-state index is 0.178.